The SMILES string of the molecule is N#Cc1ccnc(NCCc2ccccn2)c1. The topological polar surface area (TPSA) is 61.6 Å². The highest BCUT2D eigenvalue weighted by molar-refractivity contribution is 5.42. The largest absolute Gasteiger partial charge is 0.370 e. The van der Waals surface area contributed by atoms with Crippen molar-refractivity contribution >= 4 is 5.82 Å². The lowest BCUT2D eigenvalue weighted by molar-refractivity contribution is 0.954. The number of anilines is 1. The first-order chi connectivity index (χ1) is 8.38. The summed E-state index contributed by atoms with van der Waals surface area (Å²) in [6, 6.07) is 11.4. The van der Waals surface area contributed by atoms with Gasteiger partial charge in [0, 0.05) is 31.1 Å². The van der Waals surface area contributed by atoms with E-state index >= 15 is 0 Å². The first-order valence-corrected chi connectivity index (χ1v) is 5.38. The summed E-state index contributed by atoms with van der Waals surface area (Å²) in [7, 11) is 0. The molecule has 17 heavy (non-hydrogen) atoms. The van der Waals surface area contributed by atoms with Crippen LogP contribution in [0, 0.1) is 11.3 Å². The first kappa shape index (κ1) is 11.1. The van der Waals surface area contributed by atoms with E-state index in [0.717, 1.165) is 24.5 Å². The Labute approximate surface area is 100.0 Å². The molecule has 0 saturated carbocycles. The Balaban J connectivity index is 1.88. The molecule has 1 N–H and O–H groups in total. The maximum Gasteiger partial charge on any atom is 0.127 e. The van der Waals surface area contributed by atoms with Crippen LogP contribution in [0.4, 0.5) is 5.82 Å². The zero-order valence-corrected chi connectivity index (χ0v) is 9.30. The van der Waals surface area contributed by atoms with Crippen molar-refractivity contribution in [1.82, 2.24) is 9.97 Å². The average Bonchev–Trinajstić information content (AvgIpc) is 2.40. The minimum atomic E-state index is 0.611. The van der Waals surface area contributed by atoms with Gasteiger partial charge in [-0.3, -0.25) is 4.98 Å². The van der Waals surface area contributed by atoms with Crippen LogP contribution in [0.15, 0.2) is 42.7 Å². The number of nitrogens with zero attached hydrogens (tertiary/aromatic N) is 3. The lowest BCUT2D eigenvalue weighted by Crippen LogP contribution is -2.07. The van der Waals surface area contributed by atoms with Crippen molar-refractivity contribution in [1.29, 1.82) is 5.26 Å². The minimum Gasteiger partial charge on any atom is -0.370 e. The van der Waals surface area contributed by atoms with Gasteiger partial charge in [-0.25, -0.2) is 4.98 Å². The summed E-state index contributed by atoms with van der Waals surface area (Å²) in [4.78, 5) is 8.37. The van der Waals surface area contributed by atoms with Crippen LogP contribution in [-0.2, 0) is 6.42 Å². The molecule has 0 unspecified atom stereocenters. The molecule has 2 heterocycles. The summed E-state index contributed by atoms with van der Waals surface area (Å²) < 4.78 is 0. The molecule has 2 aromatic rings. The van der Waals surface area contributed by atoms with Gasteiger partial charge in [-0.15, -0.1) is 0 Å². The third-order valence-electron chi connectivity index (χ3n) is 2.30. The quantitative estimate of drug-likeness (QED) is 0.862. The van der Waals surface area contributed by atoms with Gasteiger partial charge in [0.15, 0.2) is 0 Å². The van der Waals surface area contributed by atoms with Gasteiger partial charge < -0.3 is 5.32 Å². The predicted octanol–water partition coefficient (Wildman–Crippen LogP) is 2.00. The van der Waals surface area contributed by atoms with Crippen LogP contribution >= 0.6 is 0 Å². The molecule has 2 aromatic heterocycles. The van der Waals surface area contributed by atoms with Crippen LogP contribution in [0.2, 0.25) is 0 Å². The molecular weight excluding hydrogens is 212 g/mol. The summed E-state index contributed by atoms with van der Waals surface area (Å²) in [5.74, 6) is 0.722. The van der Waals surface area contributed by atoms with E-state index in [9.17, 15) is 0 Å². The third kappa shape index (κ3) is 3.28. The highest BCUT2D eigenvalue weighted by Gasteiger charge is 1.97. The van der Waals surface area contributed by atoms with Gasteiger partial charge in [0.25, 0.3) is 0 Å². The second-order valence-corrected chi connectivity index (χ2v) is 3.54. The summed E-state index contributed by atoms with van der Waals surface area (Å²) in [5.41, 5.74) is 1.65. The number of nitrogens with one attached hydrogen (secondary N) is 1. The fourth-order valence-corrected chi connectivity index (χ4v) is 1.46. The molecule has 0 radical (unpaired) electrons. The Morgan fingerprint density at radius 1 is 1.18 bits per heavy atom. The monoisotopic (exact) mass is 224 g/mol. The highest BCUT2D eigenvalue weighted by Crippen LogP contribution is 2.05. The molecule has 0 aliphatic carbocycles. The second kappa shape index (κ2) is 5.61. The van der Waals surface area contributed by atoms with E-state index in [4.69, 9.17) is 5.26 Å². The molecule has 0 fully saturated rings. The van der Waals surface area contributed by atoms with Crippen LogP contribution in [-0.4, -0.2) is 16.5 Å². The normalized spacial score (nSPS) is 9.59. The molecule has 0 aromatic carbocycles. The third-order valence-corrected chi connectivity index (χ3v) is 2.30. The number of rotatable bonds is 4. The van der Waals surface area contributed by atoms with Crippen LogP contribution in [0.1, 0.15) is 11.3 Å². The molecule has 0 aliphatic rings. The maximum atomic E-state index is 8.75. The van der Waals surface area contributed by atoms with Crippen molar-refractivity contribution in [3.8, 4) is 6.07 Å². The summed E-state index contributed by atoms with van der Waals surface area (Å²) in [5, 5.41) is 11.9. The van der Waals surface area contributed by atoms with Crippen LogP contribution in [0.5, 0.6) is 0 Å². The lowest BCUT2D eigenvalue weighted by Gasteiger charge is -2.04. The van der Waals surface area contributed by atoms with E-state index in [1.807, 2.05) is 18.2 Å². The summed E-state index contributed by atoms with van der Waals surface area (Å²) >= 11 is 0. The molecule has 84 valence electrons. The molecule has 2 rings (SSSR count). The lowest BCUT2D eigenvalue weighted by atomic mass is 10.2. The van der Waals surface area contributed by atoms with E-state index < -0.39 is 0 Å². The van der Waals surface area contributed by atoms with Gasteiger partial charge in [-0.1, -0.05) is 6.07 Å². The molecule has 0 atom stereocenters. The minimum absolute atomic E-state index is 0.611. The van der Waals surface area contributed by atoms with Gasteiger partial charge in [0.05, 0.1) is 11.6 Å². The molecule has 0 saturated heterocycles. The van der Waals surface area contributed by atoms with Crippen molar-refractivity contribution in [3.63, 3.8) is 0 Å². The van der Waals surface area contributed by atoms with Crippen molar-refractivity contribution < 1.29 is 0 Å². The van der Waals surface area contributed by atoms with Gasteiger partial charge in [-0.2, -0.15) is 5.26 Å². The zero-order valence-electron chi connectivity index (χ0n) is 9.30. The molecular formula is C13H12N4. The Morgan fingerprint density at radius 3 is 2.88 bits per heavy atom. The highest BCUT2D eigenvalue weighted by atomic mass is 15.0. The van der Waals surface area contributed by atoms with Gasteiger partial charge in [0.1, 0.15) is 5.82 Å². The number of aromatic nitrogens is 2. The van der Waals surface area contributed by atoms with E-state index in [1.165, 1.54) is 0 Å². The van der Waals surface area contributed by atoms with E-state index in [1.54, 1.807) is 24.5 Å². The predicted molar refractivity (Wildman–Crippen MR) is 65.4 cm³/mol. The fraction of sp³-hybridized carbons (Fsp3) is 0.154. The van der Waals surface area contributed by atoms with Crippen LogP contribution in [0.25, 0.3) is 0 Å². The Bertz CT molecular complexity index is 516. The van der Waals surface area contributed by atoms with Crippen molar-refractivity contribution in [2.75, 3.05) is 11.9 Å². The van der Waals surface area contributed by atoms with Crippen molar-refractivity contribution in [2.45, 2.75) is 6.42 Å². The van der Waals surface area contributed by atoms with Gasteiger partial charge in [0.2, 0.25) is 0 Å². The number of hydrogen-bond acceptors (Lipinski definition) is 4. The van der Waals surface area contributed by atoms with Crippen LogP contribution in [0.3, 0.4) is 0 Å². The maximum absolute atomic E-state index is 8.75. The molecule has 0 aliphatic heterocycles. The van der Waals surface area contributed by atoms with E-state index in [-0.39, 0.29) is 0 Å². The summed E-state index contributed by atoms with van der Waals surface area (Å²) in [6.45, 7) is 0.749. The van der Waals surface area contributed by atoms with Crippen LogP contribution < -0.4 is 5.32 Å². The van der Waals surface area contributed by atoms with E-state index in [2.05, 4.69) is 21.4 Å². The number of nitriles is 1. The first-order valence-electron chi connectivity index (χ1n) is 5.38. The fourth-order valence-electron chi connectivity index (χ4n) is 1.46. The number of hydrogen-bond donors (Lipinski definition) is 1. The Kier molecular flexibility index (Phi) is 3.66. The molecule has 0 spiro atoms. The molecule has 0 amide bonds. The average molecular weight is 224 g/mol. The Morgan fingerprint density at radius 2 is 2.12 bits per heavy atom. The zero-order chi connectivity index (χ0) is 11.9. The van der Waals surface area contributed by atoms with Gasteiger partial charge >= 0.3 is 0 Å². The summed E-state index contributed by atoms with van der Waals surface area (Å²) in [6.07, 6.45) is 4.24. The Hall–Kier alpha value is -2.41. The smallest absolute Gasteiger partial charge is 0.127 e. The number of pyridine rings is 2. The van der Waals surface area contributed by atoms with Crippen molar-refractivity contribution in [2.24, 2.45) is 0 Å². The van der Waals surface area contributed by atoms with E-state index in [0.29, 0.717) is 5.56 Å². The second-order valence-electron chi connectivity index (χ2n) is 3.54. The van der Waals surface area contributed by atoms with Gasteiger partial charge in [-0.05, 0) is 24.3 Å². The van der Waals surface area contributed by atoms with Crippen molar-refractivity contribution in [3.05, 3.63) is 54.0 Å². The molecule has 4 heteroatoms. The standard InChI is InChI=1S/C13H12N4/c14-10-11-4-7-16-13(9-11)17-8-5-12-3-1-2-6-15-12/h1-4,6-7,9H,5,8H2,(H,16,17). The molecule has 4 nitrogen and oxygen atoms in total. The molecule has 0 bridgehead atoms.